The van der Waals surface area contributed by atoms with Gasteiger partial charge < -0.3 is 5.11 Å². The topological polar surface area (TPSA) is 40.5 Å². The van der Waals surface area contributed by atoms with Gasteiger partial charge in [-0.15, -0.1) is 0 Å². The average Bonchev–Trinajstić information content (AvgIpc) is 2.60. The fourth-order valence-corrected chi connectivity index (χ4v) is 2.70. The minimum Gasteiger partial charge on any atom is -0.481 e. The lowest BCUT2D eigenvalue weighted by molar-refractivity contribution is -0.137. The first kappa shape index (κ1) is 18.8. The fraction of sp³-hybridized carbons (Fsp3) is 0.318. The zero-order valence-electron chi connectivity index (χ0n) is 14.7. The molecule has 3 heteroatoms. The number of aliphatic carboxylic acids is 1. The van der Waals surface area contributed by atoms with Crippen molar-refractivity contribution in [2.75, 3.05) is 13.6 Å². The molecule has 25 heavy (non-hydrogen) atoms. The molecule has 0 spiro atoms. The second-order valence-corrected chi connectivity index (χ2v) is 6.16. The number of carbonyl (C=O) groups is 1. The number of unbranched alkanes of at least 4 members (excludes halogenated alkanes) is 2. The number of hydrogen-bond donors (Lipinski definition) is 1. The Kier molecular flexibility index (Phi) is 7.75. The number of likely N-dealkylation sites (N-methyl/N-ethyl adjacent to an activating group) is 1. The minimum atomic E-state index is -0.734. The van der Waals surface area contributed by atoms with E-state index in [1.807, 2.05) is 6.08 Å². The van der Waals surface area contributed by atoms with E-state index in [0.29, 0.717) is 6.42 Å². The summed E-state index contributed by atoms with van der Waals surface area (Å²) in [7, 11) is 2.10. The van der Waals surface area contributed by atoms with Gasteiger partial charge in [0, 0.05) is 25.9 Å². The number of fused-ring (bicyclic) bond motifs is 1. The van der Waals surface area contributed by atoms with E-state index >= 15 is 0 Å². The van der Waals surface area contributed by atoms with Crippen LogP contribution in [0.1, 0.15) is 31.2 Å². The normalized spacial score (nSPS) is 11.0. The van der Waals surface area contributed by atoms with Crippen LogP contribution in [0.25, 0.3) is 10.8 Å². The van der Waals surface area contributed by atoms with Crippen molar-refractivity contribution in [2.45, 2.75) is 32.2 Å². The molecule has 2 aromatic carbocycles. The van der Waals surface area contributed by atoms with Gasteiger partial charge in [0.15, 0.2) is 0 Å². The number of carboxylic acids is 1. The molecule has 0 aliphatic rings. The summed E-state index contributed by atoms with van der Waals surface area (Å²) < 4.78 is 0. The maximum atomic E-state index is 10.4. The Morgan fingerprint density at radius 2 is 1.96 bits per heavy atom. The molecule has 0 aliphatic heterocycles. The SMILES string of the molecule is CN(C/C=C/C#CCCCCC(=O)O)Cc1cccc2ccccc12. The van der Waals surface area contributed by atoms with Crippen molar-refractivity contribution >= 4 is 16.7 Å². The maximum Gasteiger partial charge on any atom is 0.303 e. The van der Waals surface area contributed by atoms with Gasteiger partial charge in [0.2, 0.25) is 0 Å². The van der Waals surface area contributed by atoms with E-state index < -0.39 is 5.97 Å². The van der Waals surface area contributed by atoms with Gasteiger partial charge in [0.05, 0.1) is 0 Å². The first-order chi connectivity index (χ1) is 12.2. The van der Waals surface area contributed by atoms with Crippen LogP contribution in [0, 0.1) is 11.8 Å². The van der Waals surface area contributed by atoms with E-state index in [1.54, 1.807) is 0 Å². The van der Waals surface area contributed by atoms with E-state index in [2.05, 4.69) is 72.3 Å². The summed E-state index contributed by atoms with van der Waals surface area (Å²) >= 11 is 0. The van der Waals surface area contributed by atoms with Gasteiger partial charge in [-0.25, -0.2) is 0 Å². The van der Waals surface area contributed by atoms with Gasteiger partial charge in [0.1, 0.15) is 0 Å². The van der Waals surface area contributed by atoms with E-state index in [0.717, 1.165) is 25.9 Å². The summed E-state index contributed by atoms with van der Waals surface area (Å²) in [6.45, 7) is 1.74. The van der Waals surface area contributed by atoms with Crippen molar-refractivity contribution in [3.63, 3.8) is 0 Å². The molecular weight excluding hydrogens is 310 g/mol. The lowest BCUT2D eigenvalue weighted by Gasteiger charge is -2.15. The fourth-order valence-electron chi connectivity index (χ4n) is 2.70. The molecule has 0 heterocycles. The lowest BCUT2D eigenvalue weighted by atomic mass is 10.0. The Labute approximate surface area is 150 Å². The molecular formula is C22H25NO2. The Morgan fingerprint density at radius 3 is 2.80 bits per heavy atom. The molecule has 0 atom stereocenters. The molecule has 0 amide bonds. The second-order valence-electron chi connectivity index (χ2n) is 6.16. The highest BCUT2D eigenvalue weighted by Gasteiger charge is 2.02. The Morgan fingerprint density at radius 1 is 1.16 bits per heavy atom. The van der Waals surface area contributed by atoms with Crippen LogP contribution in [0.15, 0.2) is 54.6 Å². The maximum absolute atomic E-state index is 10.4. The van der Waals surface area contributed by atoms with Gasteiger partial charge >= 0.3 is 5.97 Å². The number of carboxylic acid groups (broad SMARTS) is 1. The van der Waals surface area contributed by atoms with Crippen LogP contribution in [0.4, 0.5) is 0 Å². The van der Waals surface area contributed by atoms with Crippen LogP contribution < -0.4 is 0 Å². The molecule has 2 aromatic rings. The molecule has 1 N–H and O–H groups in total. The molecule has 3 nitrogen and oxygen atoms in total. The van der Waals surface area contributed by atoms with Crippen LogP contribution in [-0.2, 0) is 11.3 Å². The molecule has 0 aliphatic carbocycles. The highest BCUT2D eigenvalue weighted by atomic mass is 16.4. The molecule has 2 rings (SSSR count). The number of rotatable bonds is 8. The summed E-state index contributed by atoms with van der Waals surface area (Å²) in [5, 5.41) is 11.1. The summed E-state index contributed by atoms with van der Waals surface area (Å²) in [5.41, 5.74) is 1.33. The summed E-state index contributed by atoms with van der Waals surface area (Å²) in [4.78, 5) is 12.6. The van der Waals surface area contributed by atoms with Gasteiger partial charge in [-0.3, -0.25) is 9.69 Å². The second kappa shape index (κ2) is 10.3. The number of nitrogens with zero attached hydrogens (tertiary/aromatic N) is 1. The number of allylic oxidation sites excluding steroid dienone is 1. The van der Waals surface area contributed by atoms with Crippen LogP contribution >= 0.6 is 0 Å². The van der Waals surface area contributed by atoms with Crippen molar-refractivity contribution in [3.05, 3.63) is 60.2 Å². The number of hydrogen-bond acceptors (Lipinski definition) is 2. The smallest absolute Gasteiger partial charge is 0.303 e. The third-order valence-electron chi connectivity index (χ3n) is 3.98. The Bertz CT molecular complexity index is 778. The average molecular weight is 335 g/mol. The van der Waals surface area contributed by atoms with Crippen molar-refractivity contribution < 1.29 is 9.90 Å². The van der Waals surface area contributed by atoms with Crippen molar-refractivity contribution in [1.29, 1.82) is 0 Å². The van der Waals surface area contributed by atoms with Gasteiger partial charge in [0.25, 0.3) is 0 Å². The molecule has 130 valence electrons. The highest BCUT2D eigenvalue weighted by molar-refractivity contribution is 5.85. The molecule has 0 unspecified atom stereocenters. The monoisotopic (exact) mass is 335 g/mol. The standard InChI is InChI=1S/C22H25NO2/c1-23(17-10-6-4-2-3-5-7-16-22(24)25)18-20-14-11-13-19-12-8-9-15-21(19)20/h6,8-15H,3,5,7,16-18H2,1H3,(H,24,25)/b10-6+. The zero-order valence-corrected chi connectivity index (χ0v) is 14.7. The minimum absolute atomic E-state index is 0.233. The molecule has 0 bridgehead atoms. The summed E-state index contributed by atoms with van der Waals surface area (Å²) in [6, 6.07) is 14.9. The number of benzene rings is 2. The Balaban J connectivity index is 1.75. The Hall–Kier alpha value is -2.57. The molecule has 0 aromatic heterocycles. The third-order valence-corrected chi connectivity index (χ3v) is 3.98. The van der Waals surface area contributed by atoms with Crippen LogP contribution in [0.3, 0.4) is 0 Å². The summed E-state index contributed by atoms with van der Waals surface area (Å²) in [6.07, 6.45) is 6.47. The van der Waals surface area contributed by atoms with Crippen LogP contribution in [0.2, 0.25) is 0 Å². The molecule has 0 fully saturated rings. The predicted molar refractivity (Wildman–Crippen MR) is 103 cm³/mol. The molecule has 0 radical (unpaired) electrons. The lowest BCUT2D eigenvalue weighted by Crippen LogP contribution is -2.17. The first-order valence-electron chi connectivity index (χ1n) is 8.67. The van der Waals surface area contributed by atoms with Gasteiger partial charge in [-0.05, 0) is 42.3 Å². The summed E-state index contributed by atoms with van der Waals surface area (Å²) in [5.74, 6) is 5.34. The van der Waals surface area contributed by atoms with Crippen molar-refractivity contribution in [3.8, 4) is 11.8 Å². The highest BCUT2D eigenvalue weighted by Crippen LogP contribution is 2.19. The van der Waals surface area contributed by atoms with E-state index in [4.69, 9.17) is 5.11 Å². The quantitative estimate of drug-likeness (QED) is 0.571. The first-order valence-corrected chi connectivity index (χ1v) is 8.67. The third kappa shape index (κ3) is 6.82. The van der Waals surface area contributed by atoms with E-state index in [1.165, 1.54) is 16.3 Å². The van der Waals surface area contributed by atoms with E-state index in [-0.39, 0.29) is 6.42 Å². The predicted octanol–water partition coefficient (Wildman–Crippen LogP) is 4.48. The van der Waals surface area contributed by atoms with Crippen molar-refractivity contribution in [1.82, 2.24) is 4.90 Å². The van der Waals surface area contributed by atoms with Crippen molar-refractivity contribution in [2.24, 2.45) is 0 Å². The van der Waals surface area contributed by atoms with Crippen LogP contribution in [0.5, 0.6) is 0 Å². The van der Waals surface area contributed by atoms with E-state index in [9.17, 15) is 4.79 Å². The van der Waals surface area contributed by atoms with Gasteiger partial charge in [-0.2, -0.15) is 0 Å². The molecule has 0 saturated heterocycles. The van der Waals surface area contributed by atoms with Gasteiger partial charge in [-0.1, -0.05) is 60.4 Å². The largest absolute Gasteiger partial charge is 0.481 e. The van der Waals surface area contributed by atoms with Crippen LogP contribution in [-0.4, -0.2) is 29.6 Å². The molecule has 0 saturated carbocycles. The zero-order chi connectivity index (χ0) is 17.9.